The molecule has 1 unspecified atom stereocenters. The summed E-state index contributed by atoms with van der Waals surface area (Å²) in [6.07, 6.45) is 5.28. The summed E-state index contributed by atoms with van der Waals surface area (Å²) >= 11 is 3.41. The zero-order valence-corrected chi connectivity index (χ0v) is 16.1. The van der Waals surface area contributed by atoms with Gasteiger partial charge in [0, 0.05) is 22.2 Å². The molecule has 0 bridgehead atoms. The van der Waals surface area contributed by atoms with Crippen molar-refractivity contribution in [1.29, 1.82) is 0 Å². The van der Waals surface area contributed by atoms with E-state index >= 15 is 0 Å². The van der Waals surface area contributed by atoms with Crippen LogP contribution >= 0.6 is 15.9 Å². The number of anilines is 1. The highest BCUT2D eigenvalue weighted by Crippen LogP contribution is 2.30. The molecule has 26 heavy (non-hydrogen) atoms. The van der Waals surface area contributed by atoms with Gasteiger partial charge in [-0.2, -0.15) is 0 Å². The summed E-state index contributed by atoms with van der Waals surface area (Å²) in [6.45, 7) is 1.93. The first kappa shape index (κ1) is 18.4. The van der Waals surface area contributed by atoms with Crippen molar-refractivity contribution >= 4 is 39.5 Å². The quantitative estimate of drug-likeness (QED) is 0.676. The molecule has 1 saturated carbocycles. The van der Waals surface area contributed by atoms with Crippen LogP contribution in [0.2, 0.25) is 0 Å². The molecule has 2 N–H and O–H groups in total. The van der Waals surface area contributed by atoms with Crippen LogP contribution in [0.5, 0.6) is 0 Å². The topological polar surface area (TPSA) is 58.2 Å². The molecule has 1 atom stereocenters. The summed E-state index contributed by atoms with van der Waals surface area (Å²) in [7, 11) is 0. The molecule has 0 aliphatic heterocycles. The smallest absolute Gasteiger partial charge is 0.244 e. The molecule has 0 heterocycles. The minimum absolute atomic E-state index is 0.0942. The van der Waals surface area contributed by atoms with Gasteiger partial charge in [-0.25, -0.2) is 0 Å². The van der Waals surface area contributed by atoms with Gasteiger partial charge in [-0.3, -0.25) is 9.59 Å². The molecule has 2 aromatic rings. The van der Waals surface area contributed by atoms with Crippen LogP contribution in [0.1, 0.15) is 36.9 Å². The Morgan fingerprint density at radius 3 is 2.54 bits per heavy atom. The van der Waals surface area contributed by atoms with Gasteiger partial charge in [-0.1, -0.05) is 40.2 Å². The predicted octanol–water partition coefficient (Wildman–Crippen LogP) is 4.69. The number of carbonyl (C=O) groups excluding carboxylic acids is 2. The molecule has 4 nitrogen and oxygen atoms in total. The van der Waals surface area contributed by atoms with Crippen molar-refractivity contribution in [2.24, 2.45) is 5.92 Å². The van der Waals surface area contributed by atoms with Gasteiger partial charge in [0.15, 0.2) is 0 Å². The van der Waals surface area contributed by atoms with E-state index in [0.29, 0.717) is 0 Å². The third-order valence-electron chi connectivity index (χ3n) is 4.26. The molecular weight excluding hydrogens is 392 g/mol. The minimum atomic E-state index is -0.149. The molecule has 0 aromatic heterocycles. The molecule has 0 radical (unpaired) electrons. The number of hydrogen-bond donors (Lipinski definition) is 2. The van der Waals surface area contributed by atoms with E-state index in [2.05, 4.69) is 26.6 Å². The van der Waals surface area contributed by atoms with Gasteiger partial charge in [-0.05, 0) is 61.2 Å². The minimum Gasteiger partial charge on any atom is -0.346 e. The van der Waals surface area contributed by atoms with Gasteiger partial charge >= 0.3 is 0 Å². The lowest BCUT2D eigenvalue weighted by Gasteiger charge is -2.14. The third-order valence-corrected chi connectivity index (χ3v) is 4.75. The number of benzene rings is 2. The first-order chi connectivity index (χ1) is 12.5. The van der Waals surface area contributed by atoms with Crippen LogP contribution in [0, 0.1) is 5.92 Å². The van der Waals surface area contributed by atoms with Crippen molar-refractivity contribution in [1.82, 2.24) is 5.32 Å². The monoisotopic (exact) mass is 412 g/mol. The Morgan fingerprint density at radius 2 is 1.88 bits per heavy atom. The van der Waals surface area contributed by atoms with Crippen molar-refractivity contribution in [2.75, 3.05) is 5.32 Å². The molecule has 1 aliphatic rings. The summed E-state index contributed by atoms with van der Waals surface area (Å²) in [5.41, 5.74) is 2.73. The number of hydrogen-bond acceptors (Lipinski definition) is 2. The number of carbonyl (C=O) groups is 2. The van der Waals surface area contributed by atoms with E-state index < -0.39 is 0 Å². The molecule has 0 saturated heterocycles. The van der Waals surface area contributed by atoms with Gasteiger partial charge in [0.05, 0.1) is 6.04 Å². The van der Waals surface area contributed by atoms with E-state index in [-0.39, 0.29) is 23.8 Å². The number of rotatable bonds is 6. The van der Waals surface area contributed by atoms with Crippen LogP contribution in [0.4, 0.5) is 5.69 Å². The lowest BCUT2D eigenvalue weighted by atomic mass is 10.1. The maximum atomic E-state index is 12.1. The molecule has 5 heteroatoms. The molecule has 0 spiro atoms. The largest absolute Gasteiger partial charge is 0.346 e. The lowest BCUT2D eigenvalue weighted by Crippen LogP contribution is -2.24. The maximum Gasteiger partial charge on any atom is 0.244 e. The Bertz CT molecular complexity index is 826. The average molecular weight is 413 g/mol. The van der Waals surface area contributed by atoms with Crippen LogP contribution < -0.4 is 10.6 Å². The molecule has 134 valence electrons. The average Bonchev–Trinajstić information content (AvgIpc) is 3.46. The van der Waals surface area contributed by atoms with Gasteiger partial charge in [0.1, 0.15) is 0 Å². The zero-order chi connectivity index (χ0) is 18.5. The van der Waals surface area contributed by atoms with Crippen molar-refractivity contribution in [3.8, 4) is 0 Å². The van der Waals surface area contributed by atoms with Crippen LogP contribution in [0.15, 0.2) is 59.1 Å². The Hall–Kier alpha value is -2.40. The lowest BCUT2D eigenvalue weighted by molar-refractivity contribution is -0.118. The number of halogens is 1. The molecule has 1 aliphatic carbocycles. The SMILES string of the molecule is CC(NC(=O)/C=C/c1cccc(Br)c1)c1ccc(NC(=O)C2CC2)cc1. The fraction of sp³-hybridized carbons (Fsp3) is 0.238. The highest BCUT2D eigenvalue weighted by molar-refractivity contribution is 9.10. The standard InChI is InChI=1S/C21H21BrN2O2/c1-14(23-20(25)12-5-15-3-2-4-18(22)13-15)16-8-10-19(11-9-16)24-21(26)17-6-7-17/h2-5,8-14,17H,6-7H2,1H3,(H,23,25)(H,24,26)/b12-5+. The summed E-state index contributed by atoms with van der Waals surface area (Å²) in [6, 6.07) is 15.2. The third kappa shape index (κ3) is 5.30. The molecular formula is C21H21BrN2O2. The van der Waals surface area contributed by atoms with E-state index in [9.17, 15) is 9.59 Å². The van der Waals surface area contributed by atoms with Gasteiger partial charge in [0.25, 0.3) is 0 Å². The highest BCUT2D eigenvalue weighted by atomic mass is 79.9. The maximum absolute atomic E-state index is 12.1. The second kappa shape index (κ2) is 8.32. The summed E-state index contributed by atoms with van der Waals surface area (Å²) in [4.78, 5) is 23.9. The highest BCUT2D eigenvalue weighted by Gasteiger charge is 2.29. The number of nitrogens with one attached hydrogen (secondary N) is 2. The van der Waals surface area contributed by atoms with Gasteiger partial charge in [0.2, 0.25) is 11.8 Å². The fourth-order valence-corrected chi connectivity index (χ4v) is 2.99. The van der Waals surface area contributed by atoms with Gasteiger partial charge < -0.3 is 10.6 Å². The first-order valence-electron chi connectivity index (χ1n) is 8.66. The van der Waals surface area contributed by atoms with Crippen LogP contribution in [-0.2, 0) is 9.59 Å². The second-order valence-corrected chi connectivity index (χ2v) is 7.42. The summed E-state index contributed by atoms with van der Waals surface area (Å²) < 4.78 is 0.974. The van der Waals surface area contributed by atoms with E-state index in [0.717, 1.165) is 34.1 Å². The zero-order valence-electron chi connectivity index (χ0n) is 14.5. The summed E-state index contributed by atoms with van der Waals surface area (Å²) in [5.74, 6) is 0.130. The predicted molar refractivity (Wildman–Crippen MR) is 108 cm³/mol. The Morgan fingerprint density at radius 1 is 1.15 bits per heavy atom. The molecule has 2 aromatic carbocycles. The van der Waals surface area contributed by atoms with Crippen LogP contribution in [-0.4, -0.2) is 11.8 Å². The Balaban J connectivity index is 1.54. The van der Waals surface area contributed by atoms with Crippen molar-refractivity contribution in [3.63, 3.8) is 0 Å². The second-order valence-electron chi connectivity index (χ2n) is 6.50. The Kier molecular flexibility index (Phi) is 5.89. The van der Waals surface area contributed by atoms with E-state index in [1.165, 1.54) is 6.08 Å². The van der Waals surface area contributed by atoms with Crippen molar-refractivity contribution in [2.45, 2.75) is 25.8 Å². The normalized spacial score (nSPS) is 14.8. The molecule has 1 fully saturated rings. The Labute approximate surface area is 161 Å². The van der Waals surface area contributed by atoms with Crippen LogP contribution in [0.3, 0.4) is 0 Å². The first-order valence-corrected chi connectivity index (χ1v) is 9.45. The van der Waals surface area contributed by atoms with Gasteiger partial charge in [-0.15, -0.1) is 0 Å². The van der Waals surface area contributed by atoms with E-state index in [1.807, 2.05) is 55.5 Å². The van der Waals surface area contributed by atoms with E-state index in [4.69, 9.17) is 0 Å². The summed E-state index contributed by atoms with van der Waals surface area (Å²) in [5, 5.41) is 5.86. The molecule has 2 amide bonds. The molecule has 3 rings (SSSR count). The number of amides is 2. The van der Waals surface area contributed by atoms with Crippen molar-refractivity contribution < 1.29 is 9.59 Å². The van der Waals surface area contributed by atoms with E-state index in [1.54, 1.807) is 6.08 Å². The van der Waals surface area contributed by atoms with Crippen LogP contribution in [0.25, 0.3) is 6.08 Å². The van der Waals surface area contributed by atoms with Crippen molar-refractivity contribution in [3.05, 3.63) is 70.2 Å². The fourth-order valence-electron chi connectivity index (χ4n) is 2.57.